The number of piperidine rings is 1. The van der Waals surface area contributed by atoms with E-state index >= 15 is 0 Å². The van der Waals surface area contributed by atoms with E-state index in [1.54, 1.807) is 14.0 Å². The normalized spacial score (nSPS) is 23.7. The number of nitrogens with zero attached hydrogens (tertiary/aromatic N) is 1. The number of hydrogen-bond acceptors (Lipinski definition) is 3. The fourth-order valence-corrected chi connectivity index (χ4v) is 2.98. The number of carbonyl (C=O) groups excluding carboxylic acids is 1. The van der Waals surface area contributed by atoms with Gasteiger partial charge in [0.25, 0.3) is 0 Å². The molecule has 1 heterocycles. The van der Waals surface area contributed by atoms with Crippen molar-refractivity contribution in [2.45, 2.75) is 19.8 Å². The molecule has 0 radical (unpaired) electrons. The molecule has 1 aliphatic heterocycles. The van der Waals surface area contributed by atoms with Gasteiger partial charge in [0.2, 0.25) is 15.9 Å². The quantitative estimate of drug-likeness (QED) is 0.735. The van der Waals surface area contributed by atoms with Gasteiger partial charge >= 0.3 is 0 Å². The Morgan fingerprint density at radius 2 is 2.20 bits per heavy atom. The molecule has 6 heteroatoms. The minimum Gasteiger partial charge on any atom is -0.359 e. The van der Waals surface area contributed by atoms with E-state index in [9.17, 15) is 13.2 Å². The van der Waals surface area contributed by atoms with E-state index in [0.717, 1.165) is 12.8 Å². The van der Waals surface area contributed by atoms with Crippen molar-refractivity contribution in [2.24, 2.45) is 5.92 Å². The zero-order valence-electron chi connectivity index (χ0n) is 9.19. The van der Waals surface area contributed by atoms with Gasteiger partial charge in [-0.3, -0.25) is 4.79 Å². The largest absolute Gasteiger partial charge is 0.359 e. The van der Waals surface area contributed by atoms with Gasteiger partial charge in [0.05, 0.1) is 11.7 Å². The maximum Gasteiger partial charge on any atom is 0.224 e. The summed E-state index contributed by atoms with van der Waals surface area (Å²) >= 11 is 0. The molecule has 1 rings (SSSR count). The third-order valence-electron chi connectivity index (χ3n) is 2.76. The second-order valence-electron chi connectivity index (χ2n) is 3.71. The smallest absolute Gasteiger partial charge is 0.224 e. The Bertz CT molecular complexity index is 326. The average molecular weight is 234 g/mol. The zero-order chi connectivity index (χ0) is 11.5. The van der Waals surface area contributed by atoms with Crippen LogP contribution in [0.2, 0.25) is 0 Å². The topological polar surface area (TPSA) is 66.5 Å². The second kappa shape index (κ2) is 4.94. The molecule has 0 aromatic carbocycles. The Morgan fingerprint density at radius 3 is 2.73 bits per heavy atom. The number of nitrogens with one attached hydrogen (secondary N) is 1. The van der Waals surface area contributed by atoms with Gasteiger partial charge in [-0.2, -0.15) is 0 Å². The van der Waals surface area contributed by atoms with Crippen molar-refractivity contribution in [3.05, 3.63) is 0 Å². The monoisotopic (exact) mass is 234 g/mol. The molecule has 0 aromatic heterocycles. The lowest BCUT2D eigenvalue weighted by Crippen LogP contribution is -2.45. The number of carbonyl (C=O) groups is 1. The third-order valence-corrected chi connectivity index (χ3v) is 4.61. The van der Waals surface area contributed by atoms with Gasteiger partial charge in [0.1, 0.15) is 0 Å². The van der Waals surface area contributed by atoms with Crippen LogP contribution in [0.4, 0.5) is 0 Å². The van der Waals surface area contributed by atoms with E-state index < -0.39 is 10.0 Å². The highest BCUT2D eigenvalue weighted by molar-refractivity contribution is 7.89. The molecule has 1 amide bonds. The molecular weight excluding hydrogens is 216 g/mol. The summed E-state index contributed by atoms with van der Waals surface area (Å²) in [6.07, 6.45) is 1.53. The summed E-state index contributed by atoms with van der Waals surface area (Å²) in [5, 5.41) is 2.56. The van der Waals surface area contributed by atoms with Crippen LogP contribution in [0.3, 0.4) is 0 Å². The summed E-state index contributed by atoms with van der Waals surface area (Å²) in [6.45, 7) is 2.50. The molecule has 88 valence electrons. The maximum atomic E-state index is 11.6. The first-order valence-corrected chi connectivity index (χ1v) is 6.81. The van der Waals surface area contributed by atoms with Gasteiger partial charge in [-0.15, -0.1) is 0 Å². The Labute approximate surface area is 90.9 Å². The van der Waals surface area contributed by atoms with Crippen molar-refractivity contribution in [3.63, 3.8) is 0 Å². The summed E-state index contributed by atoms with van der Waals surface area (Å²) in [5.41, 5.74) is 0. The maximum absolute atomic E-state index is 11.6. The van der Waals surface area contributed by atoms with E-state index in [0.29, 0.717) is 13.1 Å². The fraction of sp³-hybridized carbons (Fsp3) is 0.889. The molecule has 1 N–H and O–H groups in total. The van der Waals surface area contributed by atoms with Crippen LogP contribution in [0.15, 0.2) is 0 Å². The Hall–Kier alpha value is -0.620. The summed E-state index contributed by atoms with van der Waals surface area (Å²) < 4.78 is 24.6. The molecule has 1 atom stereocenters. The van der Waals surface area contributed by atoms with Crippen molar-refractivity contribution < 1.29 is 13.2 Å². The highest BCUT2D eigenvalue weighted by Crippen LogP contribution is 2.19. The second-order valence-corrected chi connectivity index (χ2v) is 5.97. The van der Waals surface area contributed by atoms with Gasteiger partial charge in [-0.25, -0.2) is 12.7 Å². The molecule has 1 fully saturated rings. The molecule has 15 heavy (non-hydrogen) atoms. The third kappa shape index (κ3) is 2.92. The highest BCUT2D eigenvalue weighted by Gasteiger charge is 2.30. The lowest BCUT2D eigenvalue weighted by molar-refractivity contribution is -0.125. The molecule has 0 bridgehead atoms. The van der Waals surface area contributed by atoms with E-state index in [4.69, 9.17) is 0 Å². The van der Waals surface area contributed by atoms with Crippen molar-refractivity contribution in [1.82, 2.24) is 9.62 Å². The predicted octanol–water partition coefficient (Wildman–Crippen LogP) is -0.206. The molecule has 0 aromatic rings. The van der Waals surface area contributed by atoms with Crippen LogP contribution in [-0.4, -0.2) is 44.5 Å². The fourth-order valence-electron chi connectivity index (χ4n) is 1.80. The number of amides is 1. The standard InChI is InChI=1S/C9H18N2O3S/c1-3-15(13,14)11-6-4-5-8(7-11)9(12)10-2/h8H,3-7H2,1-2H3,(H,10,12)/t8-/m1/s1. The SMILES string of the molecule is CCS(=O)(=O)N1CCC[C@@H](C(=O)NC)C1. The summed E-state index contributed by atoms with van der Waals surface area (Å²) in [7, 11) is -1.56. The lowest BCUT2D eigenvalue weighted by atomic mass is 9.99. The van der Waals surface area contributed by atoms with Crippen LogP contribution < -0.4 is 5.32 Å². The number of hydrogen-bond donors (Lipinski definition) is 1. The van der Waals surface area contributed by atoms with E-state index in [1.165, 1.54) is 4.31 Å². The first kappa shape index (κ1) is 12.4. The molecule has 1 saturated heterocycles. The molecular formula is C9H18N2O3S. The molecule has 0 aliphatic carbocycles. The van der Waals surface area contributed by atoms with E-state index in [-0.39, 0.29) is 17.6 Å². The number of sulfonamides is 1. The summed E-state index contributed by atoms with van der Waals surface area (Å²) in [5.74, 6) is -0.149. The minimum atomic E-state index is -3.14. The molecule has 5 nitrogen and oxygen atoms in total. The Kier molecular flexibility index (Phi) is 4.10. The van der Waals surface area contributed by atoms with Crippen LogP contribution in [-0.2, 0) is 14.8 Å². The van der Waals surface area contributed by atoms with Crippen LogP contribution in [0.25, 0.3) is 0 Å². The Balaban J connectivity index is 2.68. The van der Waals surface area contributed by atoms with Gasteiger partial charge in [-0.1, -0.05) is 0 Å². The minimum absolute atomic E-state index is 0.0639. The zero-order valence-corrected chi connectivity index (χ0v) is 10.0. The van der Waals surface area contributed by atoms with Gasteiger partial charge in [-0.05, 0) is 19.8 Å². The average Bonchev–Trinajstić information content (AvgIpc) is 2.28. The Morgan fingerprint density at radius 1 is 1.53 bits per heavy atom. The van der Waals surface area contributed by atoms with Crippen molar-refractivity contribution in [1.29, 1.82) is 0 Å². The molecule has 1 aliphatic rings. The molecule has 0 saturated carbocycles. The van der Waals surface area contributed by atoms with Crippen LogP contribution >= 0.6 is 0 Å². The first-order chi connectivity index (χ1) is 7.01. The predicted molar refractivity (Wildman–Crippen MR) is 57.8 cm³/mol. The van der Waals surface area contributed by atoms with Crippen molar-refractivity contribution in [2.75, 3.05) is 25.9 Å². The van der Waals surface area contributed by atoms with Gasteiger partial charge < -0.3 is 5.32 Å². The highest BCUT2D eigenvalue weighted by atomic mass is 32.2. The first-order valence-electron chi connectivity index (χ1n) is 5.20. The number of rotatable bonds is 3. The van der Waals surface area contributed by atoms with Crippen LogP contribution in [0.1, 0.15) is 19.8 Å². The van der Waals surface area contributed by atoms with Crippen molar-refractivity contribution >= 4 is 15.9 Å². The molecule has 0 spiro atoms. The summed E-state index contributed by atoms with van der Waals surface area (Å²) in [4.78, 5) is 11.4. The summed E-state index contributed by atoms with van der Waals surface area (Å²) in [6, 6.07) is 0. The van der Waals surface area contributed by atoms with Crippen LogP contribution in [0.5, 0.6) is 0 Å². The van der Waals surface area contributed by atoms with Crippen LogP contribution in [0, 0.1) is 5.92 Å². The van der Waals surface area contributed by atoms with E-state index in [2.05, 4.69) is 5.32 Å². The van der Waals surface area contributed by atoms with Gasteiger partial charge in [0.15, 0.2) is 0 Å². The van der Waals surface area contributed by atoms with Crippen molar-refractivity contribution in [3.8, 4) is 0 Å². The van der Waals surface area contributed by atoms with Gasteiger partial charge in [0, 0.05) is 20.1 Å². The van der Waals surface area contributed by atoms with E-state index in [1.807, 2.05) is 0 Å². The lowest BCUT2D eigenvalue weighted by Gasteiger charge is -2.30. The molecule has 0 unspecified atom stereocenters.